The van der Waals surface area contributed by atoms with Gasteiger partial charge in [0.25, 0.3) is 5.91 Å². The number of nitrogens with one attached hydrogen (secondary N) is 3. The minimum absolute atomic E-state index is 0.00361. The van der Waals surface area contributed by atoms with Crippen LogP contribution in [0.4, 0.5) is 11.5 Å². The van der Waals surface area contributed by atoms with E-state index in [4.69, 9.17) is 0 Å². The second-order valence-electron chi connectivity index (χ2n) is 7.07. The molecular formula is C21H26N4O2. The van der Waals surface area contributed by atoms with Gasteiger partial charge in [-0.15, -0.1) is 0 Å². The number of hydrogen-bond acceptors (Lipinski definition) is 4. The first-order valence-corrected chi connectivity index (χ1v) is 9.45. The smallest absolute Gasteiger partial charge is 0.256 e. The molecule has 0 saturated carbocycles. The molecule has 0 bridgehead atoms. The van der Waals surface area contributed by atoms with Crippen molar-refractivity contribution in [3.8, 4) is 0 Å². The molecule has 1 atom stereocenters. The highest BCUT2D eigenvalue weighted by Gasteiger charge is 2.22. The molecule has 2 heterocycles. The Kier molecular flexibility index (Phi) is 6.54. The lowest BCUT2D eigenvalue weighted by molar-refractivity contribution is -0.117. The molecule has 1 unspecified atom stereocenters. The van der Waals surface area contributed by atoms with Crippen molar-refractivity contribution in [3.63, 3.8) is 0 Å². The summed E-state index contributed by atoms with van der Waals surface area (Å²) in [7, 11) is 0. The number of nitrogens with zero attached hydrogens (tertiary/aromatic N) is 1. The molecule has 6 nitrogen and oxygen atoms in total. The highest BCUT2D eigenvalue weighted by Crippen LogP contribution is 2.24. The van der Waals surface area contributed by atoms with Gasteiger partial charge in [0.15, 0.2) is 0 Å². The van der Waals surface area contributed by atoms with E-state index in [1.165, 1.54) is 0 Å². The summed E-state index contributed by atoms with van der Waals surface area (Å²) in [5.41, 5.74) is 1.21. The molecule has 0 radical (unpaired) electrons. The number of aromatic nitrogens is 1. The van der Waals surface area contributed by atoms with E-state index < -0.39 is 0 Å². The molecule has 1 saturated heterocycles. The summed E-state index contributed by atoms with van der Waals surface area (Å²) in [5, 5.41) is 8.99. The first-order chi connectivity index (χ1) is 13.1. The third kappa shape index (κ3) is 5.62. The van der Waals surface area contributed by atoms with Crippen LogP contribution in [0.25, 0.3) is 0 Å². The highest BCUT2D eigenvalue weighted by atomic mass is 16.2. The first-order valence-electron chi connectivity index (χ1n) is 9.45. The Bertz CT molecular complexity index is 756. The molecule has 1 aliphatic heterocycles. The van der Waals surface area contributed by atoms with Crippen molar-refractivity contribution in [2.24, 2.45) is 11.8 Å². The Labute approximate surface area is 159 Å². The van der Waals surface area contributed by atoms with Crippen molar-refractivity contribution in [2.75, 3.05) is 23.7 Å². The third-order valence-corrected chi connectivity index (χ3v) is 5.02. The largest absolute Gasteiger partial charge is 0.325 e. The highest BCUT2D eigenvalue weighted by molar-refractivity contribution is 6.03. The number of amides is 2. The second kappa shape index (κ2) is 9.28. The minimum Gasteiger partial charge on any atom is -0.325 e. The Balaban J connectivity index is 1.49. The molecule has 0 spiro atoms. The van der Waals surface area contributed by atoms with Crippen LogP contribution >= 0.6 is 0 Å². The lowest BCUT2D eigenvalue weighted by atomic mass is 9.84. The lowest BCUT2D eigenvalue weighted by Gasteiger charge is -2.27. The maximum atomic E-state index is 12.3. The van der Waals surface area contributed by atoms with E-state index in [0.717, 1.165) is 25.9 Å². The van der Waals surface area contributed by atoms with Gasteiger partial charge in [-0.05, 0) is 62.0 Å². The lowest BCUT2D eigenvalue weighted by Crippen LogP contribution is -2.32. The summed E-state index contributed by atoms with van der Waals surface area (Å²) in [6.07, 6.45) is 4.34. The van der Waals surface area contributed by atoms with Crippen LogP contribution in [0.1, 0.15) is 36.5 Å². The van der Waals surface area contributed by atoms with Gasteiger partial charge in [0.2, 0.25) is 5.91 Å². The Morgan fingerprint density at radius 3 is 2.52 bits per heavy atom. The number of pyridine rings is 1. The zero-order valence-electron chi connectivity index (χ0n) is 15.6. The van der Waals surface area contributed by atoms with Gasteiger partial charge in [0.05, 0.1) is 11.9 Å². The number of piperidine rings is 1. The predicted molar refractivity (Wildman–Crippen MR) is 107 cm³/mol. The van der Waals surface area contributed by atoms with Crippen LogP contribution in [0, 0.1) is 11.8 Å². The zero-order valence-corrected chi connectivity index (χ0v) is 15.6. The average molecular weight is 366 g/mol. The summed E-state index contributed by atoms with van der Waals surface area (Å²) in [6, 6.07) is 12.4. The predicted octanol–water partition coefficient (Wildman–Crippen LogP) is 3.30. The average Bonchev–Trinajstić information content (AvgIpc) is 2.70. The fourth-order valence-corrected chi connectivity index (χ4v) is 3.40. The van der Waals surface area contributed by atoms with Gasteiger partial charge in [-0.3, -0.25) is 9.59 Å². The van der Waals surface area contributed by atoms with Crippen LogP contribution < -0.4 is 16.0 Å². The molecule has 142 valence electrons. The first kappa shape index (κ1) is 19.0. The molecular weight excluding hydrogens is 340 g/mol. The quantitative estimate of drug-likeness (QED) is 0.732. The van der Waals surface area contributed by atoms with Crippen LogP contribution in [-0.4, -0.2) is 29.9 Å². The van der Waals surface area contributed by atoms with E-state index in [9.17, 15) is 9.59 Å². The third-order valence-electron chi connectivity index (χ3n) is 5.02. The summed E-state index contributed by atoms with van der Waals surface area (Å²) < 4.78 is 0. The van der Waals surface area contributed by atoms with Crippen LogP contribution in [0.15, 0.2) is 48.7 Å². The van der Waals surface area contributed by atoms with Gasteiger partial charge >= 0.3 is 0 Å². The van der Waals surface area contributed by atoms with Crippen molar-refractivity contribution in [1.29, 1.82) is 0 Å². The van der Waals surface area contributed by atoms with Crippen LogP contribution in [-0.2, 0) is 4.79 Å². The molecule has 1 aliphatic rings. The van der Waals surface area contributed by atoms with Gasteiger partial charge in [-0.2, -0.15) is 0 Å². The summed E-state index contributed by atoms with van der Waals surface area (Å²) in [6.45, 7) is 4.23. The Morgan fingerprint density at radius 1 is 1.11 bits per heavy atom. The van der Waals surface area contributed by atoms with Gasteiger partial charge in [0.1, 0.15) is 5.82 Å². The number of rotatable bonds is 6. The molecule has 1 aromatic heterocycles. The monoisotopic (exact) mass is 366 g/mol. The minimum atomic E-state index is -0.212. The van der Waals surface area contributed by atoms with Crippen LogP contribution in [0.3, 0.4) is 0 Å². The number of anilines is 2. The van der Waals surface area contributed by atoms with Crippen molar-refractivity contribution in [1.82, 2.24) is 10.3 Å². The Hall–Kier alpha value is -2.73. The second-order valence-corrected chi connectivity index (χ2v) is 7.07. The normalized spacial score (nSPS) is 15.7. The van der Waals surface area contributed by atoms with Crippen LogP contribution in [0.2, 0.25) is 0 Å². The topological polar surface area (TPSA) is 83.1 Å². The van der Waals surface area contributed by atoms with E-state index in [2.05, 4.69) is 27.9 Å². The summed E-state index contributed by atoms with van der Waals surface area (Å²) in [4.78, 5) is 28.6. The van der Waals surface area contributed by atoms with Gasteiger partial charge < -0.3 is 16.0 Å². The molecule has 2 amide bonds. The maximum absolute atomic E-state index is 12.3. The van der Waals surface area contributed by atoms with E-state index in [1.54, 1.807) is 30.5 Å². The van der Waals surface area contributed by atoms with E-state index in [0.29, 0.717) is 35.3 Å². The van der Waals surface area contributed by atoms with Crippen molar-refractivity contribution >= 4 is 23.3 Å². The zero-order chi connectivity index (χ0) is 19.1. The van der Waals surface area contributed by atoms with Gasteiger partial charge in [0, 0.05) is 12.0 Å². The van der Waals surface area contributed by atoms with Crippen molar-refractivity contribution in [2.45, 2.75) is 26.2 Å². The van der Waals surface area contributed by atoms with Crippen LogP contribution in [0.5, 0.6) is 0 Å². The number of carbonyl (C=O) groups excluding carboxylic acids is 2. The van der Waals surface area contributed by atoms with E-state index in [-0.39, 0.29) is 11.8 Å². The van der Waals surface area contributed by atoms with Gasteiger partial charge in [-0.1, -0.05) is 25.1 Å². The molecule has 3 N–H and O–H groups in total. The molecule has 27 heavy (non-hydrogen) atoms. The molecule has 2 aromatic rings. The van der Waals surface area contributed by atoms with Crippen molar-refractivity contribution < 1.29 is 9.59 Å². The van der Waals surface area contributed by atoms with E-state index in [1.807, 2.05) is 18.2 Å². The SMILES string of the molecule is CC(CC(=O)Nc1ccc(NC(=O)c2ccccc2)nc1)C1CCNCC1. The molecule has 3 rings (SSSR count). The molecule has 1 aromatic carbocycles. The number of hydrogen-bond donors (Lipinski definition) is 3. The molecule has 6 heteroatoms. The molecule has 1 fully saturated rings. The number of carbonyl (C=O) groups is 2. The fraction of sp³-hybridized carbons (Fsp3) is 0.381. The standard InChI is InChI=1S/C21H26N4O2/c1-15(16-9-11-22-12-10-16)13-20(26)24-18-7-8-19(23-14-18)25-21(27)17-5-3-2-4-6-17/h2-8,14-16,22H,9-13H2,1H3,(H,24,26)(H,23,25,27). The van der Waals surface area contributed by atoms with E-state index >= 15 is 0 Å². The van der Waals surface area contributed by atoms with Crippen molar-refractivity contribution in [3.05, 3.63) is 54.2 Å². The van der Waals surface area contributed by atoms with Gasteiger partial charge in [-0.25, -0.2) is 4.98 Å². The maximum Gasteiger partial charge on any atom is 0.256 e. The molecule has 0 aliphatic carbocycles. The summed E-state index contributed by atoms with van der Waals surface area (Å²) >= 11 is 0. The summed E-state index contributed by atoms with van der Waals surface area (Å²) in [5.74, 6) is 1.21. The fourth-order valence-electron chi connectivity index (χ4n) is 3.40. The number of benzene rings is 1. The Morgan fingerprint density at radius 2 is 1.85 bits per heavy atom.